The van der Waals surface area contributed by atoms with E-state index in [1.54, 1.807) is 35.9 Å². The molecule has 1 aliphatic rings. The minimum atomic E-state index is -0.376. The number of ketones is 1. The van der Waals surface area contributed by atoms with Crippen molar-refractivity contribution in [3.63, 3.8) is 0 Å². The fourth-order valence-corrected chi connectivity index (χ4v) is 5.41. The molecule has 194 valence electrons. The van der Waals surface area contributed by atoms with E-state index in [-0.39, 0.29) is 65.1 Å². The number of aryl methyl sites for hydroxylation is 1. The van der Waals surface area contributed by atoms with Gasteiger partial charge in [0.05, 0.1) is 24.7 Å². The second kappa shape index (κ2) is 10.8. The van der Waals surface area contributed by atoms with Crippen LogP contribution in [0.4, 0.5) is 0 Å². The predicted octanol–water partition coefficient (Wildman–Crippen LogP) is 3.81. The van der Waals surface area contributed by atoms with E-state index in [4.69, 9.17) is 10.5 Å². The molecule has 0 aliphatic heterocycles. The van der Waals surface area contributed by atoms with Crippen molar-refractivity contribution < 1.29 is 14.3 Å². The highest BCUT2D eigenvalue weighted by atomic mass is 35.5. The summed E-state index contributed by atoms with van der Waals surface area (Å²) in [5.74, 6) is -0.273. The maximum atomic E-state index is 13.9. The Morgan fingerprint density at radius 3 is 2.49 bits per heavy atom. The molecule has 0 radical (unpaired) electrons. The summed E-state index contributed by atoms with van der Waals surface area (Å²) in [6, 6.07) is 16.3. The molecule has 5 rings (SSSR count). The number of Topliss-reactive ketones (excluding diaryl/α,β-unsaturated/α-hetero) is 1. The summed E-state index contributed by atoms with van der Waals surface area (Å²) in [4.78, 5) is 40.4. The third-order valence-electron chi connectivity index (χ3n) is 7.13. The highest BCUT2D eigenvalue weighted by molar-refractivity contribution is 6.12. The number of aromatic nitrogens is 2. The van der Waals surface area contributed by atoms with Gasteiger partial charge >= 0.3 is 0 Å². The summed E-state index contributed by atoms with van der Waals surface area (Å²) in [6.45, 7) is -0.126. The predicted molar refractivity (Wildman–Crippen MR) is 147 cm³/mol. The van der Waals surface area contributed by atoms with Gasteiger partial charge in [0.15, 0.2) is 17.2 Å². The SMILES string of the molecule is COc1c(C(=O)NC2CCCC(N)C2)n(C)c2c1c(=O)n(CC(=O)c1ccccc1)c1ccccc21.Cl. The number of hydrogen-bond donors (Lipinski definition) is 2. The number of para-hydroxylation sites is 1. The number of methoxy groups -OCH3 is 1. The van der Waals surface area contributed by atoms with Crippen molar-refractivity contribution in [2.24, 2.45) is 12.8 Å². The van der Waals surface area contributed by atoms with Crippen molar-refractivity contribution in [3.8, 4) is 5.75 Å². The Morgan fingerprint density at radius 2 is 1.78 bits per heavy atom. The number of rotatable bonds is 6. The standard InChI is InChI=1S/C28H30N4O4.ClH/c1-31-24-20-13-6-7-14-21(20)32(16-22(33)17-9-4-3-5-10-17)28(35)23(24)26(36-2)25(31)27(34)30-19-12-8-11-18(29)15-19;/h3-7,9-10,13-14,18-19H,8,11-12,15-16,29H2,1-2H3,(H,30,34);1H. The van der Waals surface area contributed by atoms with Crippen molar-refractivity contribution in [2.75, 3.05) is 7.11 Å². The van der Waals surface area contributed by atoms with Gasteiger partial charge in [-0.25, -0.2) is 0 Å². The van der Waals surface area contributed by atoms with Gasteiger partial charge < -0.3 is 20.4 Å². The van der Waals surface area contributed by atoms with Crippen LogP contribution in [0, 0.1) is 0 Å². The van der Waals surface area contributed by atoms with Crippen molar-refractivity contribution in [1.29, 1.82) is 0 Å². The molecule has 2 unspecified atom stereocenters. The molecule has 1 fully saturated rings. The number of halogens is 1. The Bertz CT molecular complexity index is 1530. The molecule has 1 aliphatic carbocycles. The zero-order chi connectivity index (χ0) is 25.4. The molecule has 3 N–H and O–H groups in total. The summed E-state index contributed by atoms with van der Waals surface area (Å²) in [7, 11) is 3.22. The number of carbonyl (C=O) groups excluding carboxylic acids is 2. The molecule has 0 bridgehead atoms. The minimum Gasteiger partial charge on any atom is -0.493 e. The van der Waals surface area contributed by atoms with Gasteiger partial charge in [-0.05, 0) is 31.7 Å². The van der Waals surface area contributed by atoms with Crippen LogP contribution in [0.3, 0.4) is 0 Å². The second-order valence-corrected chi connectivity index (χ2v) is 9.46. The summed E-state index contributed by atoms with van der Waals surface area (Å²) in [6.07, 6.45) is 3.50. The minimum absolute atomic E-state index is 0. The first-order chi connectivity index (χ1) is 17.4. The van der Waals surface area contributed by atoms with E-state index in [1.807, 2.05) is 30.3 Å². The van der Waals surface area contributed by atoms with Crippen LogP contribution in [0.1, 0.15) is 46.5 Å². The van der Waals surface area contributed by atoms with E-state index in [1.165, 1.54) is 11.7 Å². The van der Waals surface area contributed by atoms with Crippen LogP contribution in [-0.2, 0) is 13.6 Å². The maximum absolute atomic E-state index is 13.9. The molecule has 2 heterocycles. The van der Waals surface area contributed by atoms with Gasteiger partial charge in [-0.3, -0.25) is 19.0 Å². The largest absolute Gasteiger partial charge is 0.493 e. The molecular formula is C28H31ClN4O4. The van der Waals surface area contributed by atoms with Crippen molar-refractivity contribution in [1.82, 2.24) is 14.5 Å². The third-order valence-corrected chi connectivity index (χ3v) is 7.13. The van der Waals surface area contributed by atoms with Crippen molar-refractivity contribution in [2.45, 2.75) is 44.3 Å². The lowest BCUT2D eigenvalue weighted by atomic mass is 9.91. The average molecular weight is 523 g/mol. The van der Waals surface area contributed by atoms with Gasteiger partial charge in [-0.1, -0.05) is 48.5 Å². The third kappa shape index (κ3) is 4.74. The van der Waals surface area contributed by atoms with E-state index in [0.29, 0.717) is 16.6 Å². The lowest BCUT2D eigenvalue weighted by molar-refractivity contribution is 0.0913. The zero-order valence-electron chi connectivity index (χ0n) is 20.9. The molecule has 8 nitrogen and oxygen atoms in total. The second-order valence-electron chi connectivity index (χ2n) is 9.46. The number of hydrogen-bond acceptors (Lipinski definition) is 5. The topological polar surface area (TPSA) is 108 Å². The number of amides is 1. The van der Waals surface area contributed by atoms with E-state index >= 15 is 0 Å². The smallest absolute Gasteiger partial charge is 0.272 e. The van der Waals surface area contributed by atoms with Crippen LogP contribution in [0.25, 0.3) is 21.8 Å². The number of carbonyl (C=O) groups is 2. The van der Waals surface area contributed by atoms with E-state index < -0.39 is 0 Å². The number of fused-ring (bicyclic) bond motifs is 3. The monoisotopic (exact) mass is 522 g/mol. The lowest BCUT2D eigenvalue weighted by Crippen LogP contribution is -2.42. The number of ether oxygens (including phenoxy) is 1. The molecule has 4 aromatic rings. The van der Waals surface area contributed by atoms with Crippen LogP contribution in [0.5, 0.6) is 5.75 Å². The quantitative estimate of drug-likeness (QED) is 0.374. The van der Waals surface area contributed by atoms with Crippen LogP contribution in [0.15, 0.2) is 59.4 Å². The van der Waals surface area contributed by atoms with Crippen molar-refractivity contribution in [3.05, 3.63) is 76.2 Å². The number of nitrogens with two attached hydrogens (primary N) is 1. The van der Waals surface area contributed by atoms with Gasteiger partial charge in [0, 0.05) is 30.1 Å². The Morgan fingerprint density at radius 1 is 1.08 bits per heavy atom. The molecule has 0 saturated heterocycles. The summed E-state index contributed by atoms with van der Waals surface area (Å²) in [5.41, 5.74) is 7.76. The maximum Gasteiger partial charge on any atom is 0.272 e. The highest BCUT2D eigenvalue weighted by Gasteiger charge is 2.29. The molecule has 1 saturated carbocycles. The van der Waals surface area contributed by atoms with Crippen LogP contribution in [-0.4, -0.2) is 40.0 Å². The Balaban J connectivity index is 0.00000320. The van der Waals surface area contributed by atoms with E-state index in [0.717, 1.165) is 31.1 Å². The molecular weight excluding hydrogens is 492 g/mol. The first-order valence-electron chi connectivity index (χ1n) is 12.2. The Kier molecular flexibility index (Phi) is 7.71. The highest BCUT2D eigenvalue weighted by Crippen LogP contribution is 2.35. The first-order valence-corrected chi connectivity index (χ1v) is 12.2. The first kappa shape index (κ1) is 26.4. The fraction of sp³-hybridized carbons (Fsp3) is 0.321. The molecule has 37 heavy (non-hydrogen) atoms. The number of benzene rings is 2. The summed E-state index contributed by atoms with van der Waals surface area (Å²) in [5, 5.41) is 4.13. The Labute approximate surface area is 220 Å². The molecule has 1 amide bonds. The normalized spacial score (nSPS) is 17.4. The van der Waals surface area contributed by atoms with E-state index in [2.05, 4.69) is 5.32 Å². The molecule has 2 atom stereocenters. The molecule has 2 aromatic heterocycles. The van der Waals surface area contributed by atoms with Gasteiger partial charge in [-0.15, -0.1) is 12.4 Å². The van der Waals surface area contributed by atoms with Crippen LogP contribution in [0.2, 0.25) is 0 Å². The Hall–Kier alpha value is -3.62. The average Bonchev–Trinajstić information content (AvgIpc) is 3.19. The number of nitrogens with one attached hydrogen (secondary N) is 1. The van der Waals surface area contributed by atoms with Gasteiger partial charge in [0.25, 0.3) is 11.5 Å². The molecule has 2 aromatic carbocycles. The van der Waals surface area contributed by atoms with Gasteiger partial charge in [0.1, 0.15) is 5.39 Å². The summed E-state index contributed by atoms with van der Waals surface area (Å²) >= 11 is 0. The molecule has 9 heteroatoms. The van der Waals surface area contributed by atoms with Crippen LogP contribution < -0.4 is 21.3 Å². The fourth-order valence-electron chi connectivity index (χ4n) is 5.41. The van der Waals surface area contributed by atoms with Gasteiger partial charge in [-0.2, -0.15) is 0 Å². The van der Waals surface area contributed by atoms with E-state index in [9.17, 15) is 14.4 Å². The van der Waals surface area contributed by atoms with Gasteiger partial charge in [0.2, 0.25) is 0 Å². The summed E-state index contributed by atoms with van der Waals surface area (Å²) < 4.78 is 8.87. The number of nitrogens with zero attached hydrogens (tertiary/aromatic N) is 2. The van der Waals surface area contributed by atoms with Crippen LogP contribution >= 0.6 is 12.4 Å². The van der Waals surface area contributed by atoms with Crippen molar-refractivity contribution >= 4 is 45.9 Å². The number of pyridine rings is 1. The zero-order valence-corrected chi connectivity index (χ0v) is 21.7. The molecule has 0 spiro atoms. The lowest BCUT2D eigenvalue weighted by Gasteiger charge is -2.27.